The Morgan fingerprint density at radius 3 is 2.66 bits per heavy atom. The quantitative estimate of drug-likeness (QED) is 0.443. The first-order chi connectivity index (χ1) is 15.4. The second-order valence-electron chi connectivity index (χ2n) is 8.91. The Hall–Kier alpha value is -3.59. The van der Waals surface area contributed by atoms with Gasteiger partial charge in [-0.2, -0.15) is 0 Å². The van der Waals surface area contributed by atoms with Crippen LogP contribution in [0.15, 0.2) is 42.5 Å². The normalized spacial score (nSPS) is 30.6. The van der Waals surface area contributed by atoms with E-state index < -0.39 is 28.2 Å². The first-order valence-electron chi connectivity index (χ1n) is 10.7. The van der Waals surface area contributed by atoms with Crippen molar-refractivity contribution in [1.29, 1.82) is 0 Å². The Balaban J connectivity index is 1.52. The fourth-order valence-electron chi connectivity index (χ4n) is 6.40. The van der Waals surface area contributed by atoms with E-state index in [1.165, 1.54) is 18.2 Å². The lowest BCUT2D eigenvalue weighted by Crippen LogP contribution is -2.54. The van der Waals surface area contributed by atoms with Gasteiger partial charge in [-0.1, -0.05) is 18.2 Å². The Kier molecular flexibility index (Phi) is 3.72. The summed E-state index contributed by atoms with van der Waals surface area (Å²) in [6.45, 7) is 2.29. The molecule has 0 radical (unpaired) electrons. The first kappa shape index (κ1) is 19.1. The number of nitrogens with one attached hydrogen (secondary N) is 1. The van der Waals surface area contributed by atoms with E-state index in [-0.39, 0.29) is 23.5 Å². The predicted molar refractivity (Wildman–Crippen MR) is 114 cm³/mol. The molecule has 0 aromatic heterocycles. The maximum atomic E-state index is 13.9. The van der Waals surface area contributed by atoms with E-state index in [0.29, 0.717) is 23.5 Å². The Bertz CT molecular complexity index is 1240. The predicted octanol–water partition coefficient (Wildman–Crippen LogP) is 2.33. The summed E-state index contributed by atoms with van der Waals surface area (Å²) in [7, 11) is 0. The number of nitrogens with zero attached hydrogens (tertiary/aromatic N) is 3. The molecule has 2 aromatic carbocycles. The number of amides is 3. The van der Waals surface area contributed by atoms with Gasteiger partial charge in [0.2, 0.25) is 17.7 Å². The molecule has 4 unspecified atom stereocenters. The number of nitro benzene ring substituents is 1. The molecule has 9 nitrogen and oxygen atoms in total. The third-order valence-corrected chi connectivity index (χ3v) is 7.53. The van der Waals surface area contributed by atoms with Gasteiger partial charge in [-0.15, -0.1) is 0 Å². The maximum Gasteiger partial charge on any atom is 0.269 e. The molecule has 0 aliphatic carbocycles. The SMILES string of the molecule is Cc1cc([N+](=O)[O-])ccc1N1C(=O)C2C3CCCN3C3(C(=O)Nc4ccccc43)C2C1=O. The number of carbonyl (C=O) groups is 3. The highest BCUT2D eigenvalue weighted by molar-refractivity contribution is 6.26. The van der Waals surface area contributed by atoms with Crippen LogP contribution in [0.25, 0.3) is 0 Å². The number of aryl methyl sites for hydroxylation is 1. The van der Waals surface area contributed by atoms with Crippen molar-refractivity contribution in [3.05, 3.63) is 63.7 Å². The molecule has 0 bridgehead atoms. The van der Waals surface area contributed by atoms with Crippen LogP contribution in [-0.2, 0) is 19.9 Å². The minimum atomic E-state index is -1.21. The van der Waals surface area contributed by atoms with Gasteiger partial charge < -0.3 is 5.32 Å². The van der Waals surface area contributed by atoms with Crippen molar-refractivity contribution in [3.63, 3.8) is 0 Å². The molecular weight excluding hydrogens is 412 g/mol. The zero-order chi connectivity index (χ0) is 22.4. The molecule has 3 saturated heterocycles. The topological polar surface area (TPSA) is 113 Å². The lowest BCUT2D eigenvalue weighted by atomic mass is 9.75. The standard InChI is InChI=1S/C23H20N4O5/c1-12-11-13(27(31)32)8-9-16(12)26-20(28)18-17-7-4-10-25(17)23(19(18)21(26)29)14-5-2-3-6-15(14)24-22(23)30/h2-3,5-6,8-9,11,17-19H,4,7,10H2,1H3,(H,24,30). The van der Waals surface area contributed by atoms with Crippen molar-refractivity contribution in [3.8, 4) is 0 Å². The van der Waals surface area contributed by atoms with Crippen molar-refractivity contribution < 1.29 is 19.3 Å². The number of para-hydroxylation sites is 1. The van der Waals surface area contributed by atoms with Gasteiger partial charge in [-0.3, -0.25) is 29.4 Å². The van der Waals surface area contributed by atoms with Crippen LogP contribution in [0.2, 0.25) is 0 Å². The zero-order valence-electron chi connectivity index (χ0n) is 17.3. The van der Waals surface area contributed by atoms with E-state index in [1.807, 2.05) is 24.3 Å². The molecule has 9 heteroatoms. The van der Waals surface area contributed by atoms with E-state index in [2.05, 4.69) is 10.2 Å². The van der Waals surface area contributed by atoms with Gasteiger partial charge >= 0.3 is 0 Å². The number of fused-ring (bicyclic) bond motifs is 7. The van der Waals surface area contributed by atoms with E-state index in [0.717, 1.165) is 23.3 Å². The Morgan fingerprint density at radius 2 is 1.91 bits per heavy atom. The molecule has 4 heterocycles. The van der Waals surface area contributed by atoms with E-state index in [9.17, 15) is 24.5 Å². The summed E-state index contributed by atoms with van der Waals surface area (Å²) in [6.07, 6.45) is 1.59. The van der Waals surface area contributed by atoms with Gasteiger partial charge in [0.25, 0.3) is 5.69 Å². The number of non-ortho nitro benzene ring substituents is 1. The molecule has 6 rings (SSSR count). The maximum absolute atomic E-state index is 13.9. The van der Waals surface area contributed by atoms with Crippen LogP contribution in [0.3, 0.4) is 0 Å². The Labute approximate surface area is 183 Å². The van der Waals surface area contributed by atoms with E-state index in [4.69, 9.17) is 0 Å². The van der Waals surface area contributed by atoms with Crippen LogP contribution >= 0.6 is 0 Å². The number of hydrogen-bond donors (Lipinski definition) is 1. The lowest BCUT2D eigenvalue weighted by molar-refractivity contribution is -0.384. The second kappa shape index (κ2) is 6.23. The zero-order valence-corrected chi connectivity index (χ0v) is 17.3. The third-order valence-electron chi connectivity index (χ3n) is 7.53. The number of rotatable bonds is 2. The summed E-state index contributed by atoms with van der Waals surface area (Å²) >= 11 is 0. The summed E-state index contributed by atoms with van der Waals surface area (Å²) in [5.74, 6) is -2.47. The minimum Gasteiger partial charge on any atom is -0.324 e. The summed E-state index contributed by atoms with van der Waals surface area (Å²) in [4.78, 5) is 54.9. The minimum absolute atomic E-state index is 0.104. The van der Waals surface area contributed by atoms with E-state index in [1.54, 1.807) is 6.92 Å². The van der Waals surface area contributed by atoms with Crippen molar-refractivity contribution in [2.75, 3.05) is 16.8 Å². The number of carbonyl (C=O) groups excluding carboxylic acids is 3. The van der Waals surface area contributed by atoms with Gasteiger partial charge in [0.05, 0.1) is 22.4 Å². The van der Waals surface area contributed by atoms with Crippen molar-refractivity contribution >= 4 is 34.8 Å². The third kappa shape index (κ3) is 2.09. The van der Waals surface area contributed by atoms with Crippen LogP contribution in [0, 0.1) is 28.9 Å². The summed E-state index contributed by atoms with van der Waals surface area (Å²) in [5.41, 5.74) is 0.911. The molecule has 32 heavy (non-hydrogen) atoms. The highest BCUT2D eigenvalue weighted by Crippen LogP contribution is 2.60. The molecular formula is C23H20N4O5. The fourth-order valence-corrected chi connectivity index (χ4v) is 6.40. The number of anilines is 2. The average molecular weight is 432 g/mol. The monoisotopic (exact) mass is 432 g/mol. The molecule has 4 aliphatic heterocycles. The van der Waals surface area contributed by atoms with Gasteiger partial charge in [-0.05, 0) is 44.0 Å². The largest absolute Gasteiger partial charge is 0.324 e. The molecule has 1 spiro atoms. The van der Waals surface area contributed by atoms with Crippen molar-refractivity contribution in [2.24, 2.45) is 11.8 Å². The van der Waals surface area contributed by atoms with E-state index >= 15 is 0 Å². The Morgan fingerprint density at radius 1 is 1.12 bits per heavy atom. The smallest absolute Gasteiger partial charge is 0.269 e. The second-order valence-corrected chi connectivity index (χ2v) is 8.91. The van der Waals surface area contributed by atoms with Crippen LogP contribution < -0.4 is 10.2 Å². The summed E-state index contributed by atoms with van der Waals surface area (Å²) in [6, 6.07) is 11.3. The van der Waals surface area contributed by atoms with Crippen LogP contribution in [-0.4, -0.2) is 40.1 Å². The average Bonchev–Trinajstić information content (AvgIpc) is 3.47. The number of benzene rings is 2. The number of hydrogen-bond acceptors (Lipinski definition) is 6. The van der Waals surface area contributed by atoms with Gasteiger partial charge in [-0.25, -0.2) is 4.90 Å². The summed E-state index contributed by atoms with van der Waals surface area (Å²) in [5, 5.41) is 14.1. The molecule has 4 atom stereocenters. The molecule has 3 fully saturated rings. The molecule has 3 amide bonds. The highest BCUT2D eigenvalue weighted by Gasteiger charge is 2.74. The van der Waals surface area contributed by atoms with Gasteiger partial charge in [0.1, 0.15) is 5.54 Å². The molecule has 2 aromatic rings. The highest BCUT2D eigenvalue weighted by atomic mass is 16.6. The number of nitro groups is 1. The number of imide groups is 1. The van der Waals surface area contributed by atoms with Gasteiger partial charge in [0, 0.05) is 29.4 Å². The van der Waals surface area contributed by atoms with Crippen molar-refractivity contribution in [2.45, 2.75) is 31.3 Å². The molecule has 0 saturated carbocycles. The molecule has 4 aliphatic rings. The van der Waals surface area contributed by atoms with Crippen LogP contribution in [0.1, 0.15) is 24.0 Å². The first-order valence-corrected chi connectivity index (χ1v) is 10.7. The fraction of sp³-hybridized carbons (Fsp3) is 0.348. The molecule has 1 N–H and O–H groups in total. The van der Waals surface area contributed by atoms with Gasteiger partial charge in [0.15, 0.2) is 0 Å². The molecule has 162 valence electrons. The van der Waals surface area contributed by atoms with Crippen LogP contribution in [0.4, 0.5) is 17.1 Å². The van der Waals surface area contributed by atoms with Crippen LogP contribution in [0.5, 0.6) is 0 Å². The van der Waals surface area contributed by atoms with Crippen molar-refractivity contribution in [1.82, 2.24) is 4.90 Å². The lowest BCUT2D eigenvalue weighted by Gasteiger charge is -2.36. The summed E-state index contributed by atoms with van der Waals surface area (Å²) < 4.78 is 0.